The summed E-state index contributed by atoms with van der Waals surface area (Å²) >= 11 is 0. The Kier molecular flexibility index (Phi) is 2.82. The quantitative estimate of drug-likeness (QED) is 0.748. The minimum Gasteiger partial charge on any atom is -0.316 e. The van der Waals surface area contributed by atoms with Crippen LogP contribution in [0.2, 0.25) is 0 Å². The predicted molar refractivity (Wildman–Crippen MR) is 55.3 cm³/mol. The zero-order valence-electron chi connectivity index (χ0n) is 8.88. The molecule has 4 nitrogen and oxygen atoms in total. The van der Waals surface area contributed by atoms with Crippen LogP contribution in [0.25, 0.3) is 0 Å². The number of aromatic nitrogens is 3. The average Bonchev–Trinajstić information content (AvgIpc) is 2.68. The molecule has 2 N–H and O–H groups in total. The Morgan fingerprint density at radius 1 is 1.43 bits per heavy atom. The van der Waals surface area contributed by atoms with E-state index in [9.17, 15) is 0 Å². The molecular weight excluding hydrogens is 176 g/mol. The van der Waals surface area contributed by atoms with E-state index in [1.807, 2.05) is 0 Å². The van der Waals surface area contributed by atoms with Crippen LogP contribution in [-0.2, 0) is 0 Å². The molecule has 78 valence electrons. The van der Waals surface area contributed by atoms with Gasteiger partial charge in [-0.15, -0.1) is 0 Å². The second-order valence-electron chi connectivity index (χ2n) is 4.28. The van der Waals surface area contributed by atoms with Gasteiger partial charge in [0.15, 0.2) is 5.82 Å². The predicted octanol–water partition coefficient (Wildman–Crippen LogP) is 1.40. The fourth-order valence-electron chi connectivity index (χ4n) is 1.81. The number of nitrogens with zero attached hydrogens (tertiary/aromatic N) is 2. The Bertz CT molecular complexity index is 286. The first-order valence-electron chi connectivity index (χ1n) is 5.40. The lowest BCUT2D eigenvalue weighted by molar-refractivity contribution is 0.447. The zero-order valence-corrected chi connectivity index (χ0v) is 8.88. The molecule has 1 aromatic heterocycles. The lowest BCUT2D eigenvalue weighted by Gasteiger charge is -2.20. The van der Waals surface area contributed by atoms with Crippen LogP contribution in [0, 0.1) is 0 Å². The van der Waals surface area contributed by atoms with Crippen LogP contribution in [-0.4, -0.2) is 28.3 Å². The molecule has 1 fully saturated rings. The molecule has 1 aliphatic rings. The van der Waals surface area contributed by atoms with E-state index in [1.54, 1.807) is 0 Å². The minimum absolute atomic E-state index is 0.413. The number of hydrogen-bond acceptors (Lipinski definition) is 3. The van der Waals surface area contributed by atoms with Crippen LogP contribution in [0.15, 0.2) is 0 Å². The van der Waals surface area contributed by atoms with Crippen LogP contribution in [0.1, 0.15) is 50.2 Å². The molecule has 0 amide bonds. The van der Waals surface area contributed by atoms with Crippen molar-refractivity contribution in [3.8, 4) is 0 Å². The monoisotopic (exact) mass is 194 g/mol. The molecule has 2 rings (SSSR count). The number of H-pyrrole nitrogens is 1. The Balaban J connectivity index is 2.07. The van der Waals surface area contributed by atoms with Gasteiger partial charge in [0.2, 0.25) is 0 Å². The summed E-state index contributed by atoms with van der Waals surface area (Å²) in [7, 11) is 0. The van der Waals surface area contributed by atoms with Gasteiger partial charge in [-0.3, -0.25) is 5.10 Å². The summed E-state index contributed by atoms with van der Waals surface area (Å²) in [5.41, 5.74) is 0. The zero-order chi connectivity index (χ0) is 9.97. The number of rotatable bonds is 2. The van der Waals surface area contributed by atoms with Crippen molar-refractivity contribution in [3.05, 3.63) is 11.6 Å². The highest BCUT2D eigenvalue weighted by atomic mass is 15.2. The SMILES string of the molecule is CC(C)c1n[nH]c([C@H]2CCCNC2)n1. The Labute approximate surface area is 84.5 Å². The van der Waals surface area contributed by atoms with Gasteiger partial charge in [-0.05, 0) is 19.4 Å². The van der Waals surface area contributed by atoms with E-state index in [2.05, 4.69) is 34.3 Å². The molecule has 0 bridgehead atoms. The summed E-state index contributed by atoms with van der Waals surface area (Å²) in [6.07, 6.45) is 2.46. The van der Waals surface area contributed by atoms with Crippen molar-refractivity contribution in [2.45, 2.75) is 38.5 Å². The van der Waals surface area contributed by atoms with E-state index < -0.39 is 0 Å². The van der Waals surface area contributed by atoms with Crippen LogP contribution in [0.5, 0.6) is 0 Å². The maximum absolute atomic E-state index is 4.53. The molecule has 1 aromatic rings. The first-order valence-corrected chi connectivity index (χ1v) is 5.40. The van der Waals surface area contributed by atoms with Gasteiger partial charge >= 0.3 is 0 Å². The molecule has 1 atom stereocenters. The molecule has 4 heteroatoms. The standard InChI is InChI=1S/C10H18N4/c1-7(2)9-12-10(14-13-9)8-4-3-5-11-6-8/h7-8,11H,3-6H2,1-2H3,(H,12,13,14)/t8-/m0/s1. The highest BCUT2D eigenvalue weighted by molar-refractivity contribution is 5.02. The van der Waals surface area contributed by atoms with Crippen molar-refractivity contribution in [1.82, 2.24) is 20.5 Å². The molecule has 0 aromatic carbocycles. The lowest BCUT2D eigenvalue weighted by Crippen LogP contribution is -2.28. The number of aromatic amines is 1. The van der Waals surface area contributed by atoms with Gasteiger partial charge in [0.1, 0.15) is 5.82 Å². The molecule has 1 aliphatic heterocycles. The number of piperidine rings is 1. The molecule has 0 radical (unpaired) electrons. The fraction of sp³-hybridized carbons (Fsp3) is 0.800. The largest absolute Gasteiger partial charge is 0.316 e. The highest BCUT2D eigenvalue weighted by Gasteiger charge is 2.19. The van der Waals surface area contributed by atoms with Crippen LogP contribution in [0.3, 0.4) is 0 Å². The maximum Gasteiger partial charge on any atom is 0.153 e. The van der Waals surface area contributed by atoms with Crippen LogP contribution < -0.4 is 5.32 Å². The van der Waals surface area contributed by atoms with Crippen molar-refractivity contribution in [3.63, 3.8) is 0 Å². The fourth-order valence-corrected chi connectivity index (χ4v) is 1.81. The van der Waals surface area contributed by atoms with Crippen molar-refractivity contribution >= 4 is 0 Å². The molecule has 0 saturated carbocycles. The van der Waals surface area contributed by atoms with Crippen molar-refractivity contribution in [1.29, 1.82) is 0 Å². The minimum atomic E-state index is 0.413. The Morgan fingerprint density at radius 3 is 2.86 bits per heavy atom. The third-order valence-corrected chi connectivity index (χ3v) is 2.72. The van der Waals surface area contributed by atoms with E-state index in [-0.39, 0.29) is 0 Å². The van der Waals surface area contributed by atoms with Gasteiger partial charge in [0, 0.05) is 18.4 Å². The van der Waals surface area contributed by atoms with Crippen LogP contribution in [0.4, 0.5) is 0 Å². The molecule has 14 heavy (non-hydrogen) atoms. The van der Waals surface area contributed by atoms with E-state index in [0.717, 1.165) is 24.7 Å². The molecule has 2 heterocycles. The summed E-state index contributed by atoms with van der Waals surface area (Å²) < 4.78 is 0. The van der Waals surface area contributed by atoms with Crippen molar-refractivity contribution in [2.75, 3.05) is 13.1 Å². The normalized spacial score (nSPS) is 22.9. The third-order valence-electron chi connectivity index (χ3n) is 2.72. The van der Waals surface area contributed by atoms with E-state index in [1.165, 1.54) is 12.8 Å². The van der Waals surface area contributed by atoms with Crippen LogP contribution >= 0.6 is 0 Å². The first-order chi connectivity index (χ1) is 6.77. The second kappa shape index (κ2) is 4.09. The Morgan fingerprint density at radius 2 is 2.29 bits per heavy atom. The van der Waals surface area contributed by atoms with Gasteiger partial charge in [-0.25, -0.2) is 4.98 Å². The molecular formula is C10H18N4. The van der Waals surface area contributed by atoms with E-state index in [4.69, 9.17) is 0 Å². The molecule has 0 spiro atoms. The summed E-state index contributed by atoms with van der Waals surface area (Å²) in [5.74, 6) is 2.94. The maximum atomic E-state index is 4.53. The van der Waals surface area contributed by atoms with Gasteiger partial charge in [-0.1, -0.05) is 13.8 Å². The lowest BCUT2D eigenvalue weighted by atomic mass is 9.99. The van der Waals surface area contributed by atoms with Gasteiger partial charge < -0.3 is 5.32 Å². The molecule has 0 unspecified atom stereocenters. The first kappa shape index (κ1) is 9.65. The van der Waals surface area contributed by atoms with Crippen molar-refractivity contribution < 1.29 is 0 Å². The number of nitrogens with one attached hydrogen (secondary N) is 2. The van der Waals surface area contributed by atoms with Crippen molar-refractivity contribution in [2.24, 2.45) is 0 Å². The highest BCUT2D eigenvalue weighted by Crippen LogP contribution is 2.20. The Hall–Kier alpha value is -0.900. The van der Waals surface area contributed by atoms with Gasteiger partial charge in [0.25, 0.3) is 0 Å². The van der Waals surface area contributed by atoms with Gasteiger partial charge in [-0.2, -0.15) is 5.10 Å². The summed E-state index contributed by atoms with van der Waals surface area (Å²) in [6.45, 7) is 6.41. The summed E-state index contributed by atoms with van der Waals surface area (Å²) in [4.78, 5) is 4.53. The third kappa shape index (κ3) is 1.95. The van der Waals surface area contributed by atoms with Gasteiger partial charge in [0.05, 0.1) is 0 Å². The summed E-state index contributed by atoms with van der Waals surface area (Å²) in [5, 5.41) is 10.7. The smallest absolute Gasteiger partial charge is 0.153 e. The molecule has 0 aliphatic carbocycles. The summed E-state index contributed by atoms with van der Waals surface area (Å²) in [6, 6.07) is 0. The number of hydrogen-bond donors (Lipinski definition) is 2. The molecule has 1 saturated heterocycles. The second-order valence-corrected chi connectivity index (χ2v) is 4.28. The average molecular weight is 194 g/mol. The topological polar surface area (TPSA) is 53.6 Å². The van der Waals surface area contributed by atoms with E-state index >= 15 is 0 Å². The van der Waals surface area contributed by atoms with E-state index in [0.29, 0.717) is 11.8 Å².